The highest BCUT2D eigenvalue weighted by molar-refractivity contribution is 5.40. The first-order valence-corrected chi connectivity index (χ1v) is 6.14. The van der Waals surface area contributed by atoms with Crippen LogP contribution < -0.4 is 10.1 Å². The van der Waals surface area contributed by atoms with Crippen LogP contribution in [0.15, 0.2) is 18.2 Å². The third-order valence-corrected chi connectivity index (χ3v) is 2.65. The quantitative estimate of drug-likeness (QED) is 0.705. The van der Waals surface area contributed by atoms with Gasteiger partial charge >= 0.3 is 0 Å². The maximum Gasteiger partial charge on any atom is 0.126 e. The van der Waals surface area contributed by atoms with Crippen molar-refractivity contribution in [2.75, 3.05) is 27.4 Å². The monoisotopic (exact) mass is 237 g/mol. The van der Waals surface area contributed by atoms with Crippen molar-refractivity contribution in [1.82, 2.24) is 5.32 Å². The second-order valence-corrected chi connectivity index (χ2v) is 4.14. The fourth-order valence-corrected chi connectivity index (χ4v) is 1.77. The number of aryl methyl sites for hydroxylation is 1. The molecule has 0 spiro atoms. The van der Waals surface area contributed by atoms with E-state index in [1.165, 1.54) is 11.1 Å². The fourth-order valence-electron chi connectivity index (χ4n) is 1.77. The normalized spacial score (nSPS) is 10.5. The van der Waals surface area contributed by atoms with Crippen LogP contribution in [0.3, 0.4) is 0 Å². The van der Waals surface area contributed by atoms with Gasteiger partial charge in [0.25, 0.3) is 0 Å². The Morgan fingerprint density at radius 2 is 1.94 bits per heavy atom. The van der Waals surface area contributed by atoms with Crippen LogP contribution in [0.2, 0.25) is 0 Å². The molecule has 0 bridgehead atoms. The lowest BCUT2D eigenvalue weighted by Crippen LogP contribution is -2.09. The summed E-state index contributed by atoms with van der Waals surface area (Å²) in [4.78, 5) is 0. The minimum Gasteiger partial charge on any atom is -0.493 e. The van der Waals surface area contributed by atoms with Crippen molar-refractivity contribution in [2.24, 2.45) is 0 Å². The van der Waals surface area contributed by atoms with Crippen LogP contribution in [0.5, 0.6) is 5.75 Å². The maximum absolute atomic E-state index is 5.87. The molecule has 0 unspecified atom stereocenters. The van der Waals surface area contributed by atoms with Gasteiger partial charge in [-0.05, 0) is 32.4 Å². The highest BCUT2D eigenvalue weighted by atomic mass is 16.5. The van der Waals surface area contributed by atoms with Gasteiger partial charge in [0.15, 0.2) is 0 Å². The van der Waals surface area contributed by atoms with Crippen LogP contribution in [0, 0.1) is 6.92 Å². The SMILES string of the molecule is CNCc1cccc(C)c1OCCCCOC. The molecule has 17 heavy (non-hydrogen) atoms. The molecule has 96 valence electrons. The molecule has 0 saturated heterocycles. The van der Waals surface area contributed by atoms with E-state index >= 15 is 0 Å². The number of hydrogen-bond acceptors (Lipinski definition) is 3. The predicted molar refractivity (Wildman–Crippen MR) is 70.5 cm³/mol. The number of hydrogen-bond donors (Lipinski definition) is 1. The summed E-state index contributed by atoms with van der Waals surface area (Å²) in [5.41, 5.74) is 2.42. The van der Waals surface area contributed by atoms with Gasteiger partial charge < -0.3 is 14.8 Å². The first kappa shape index (κ1) is 14.0. The van der Waals surface area contributed by atoms with E-state index in [1.54, 1.807) is 7.11 Å². The van der Waals surface area contributed by atoms with Crippen molar-refractivity contribution in [3.63, 3.8) is 0 Å². The Morgan fingerprint density at radius 3 is 2.65 bits per heavy atom. The first-order valence-electron chi connectivity index (χ1n) is 6.14. The van der Waals surface area contributed by atoms with Gasteiger partial charge in [-0.2, -0.15) is 0 Å². The van der Waals surface area contributed by atoms with Crippen LogP contribution in [-0.4, -0.2) is 27.4 Å². The molecule has 0 amide bonds. The van der Waals surface area contributed by atoms with E-state index < -0.39 is 0 Å². The average molecular weight is 237 g/mol. The van der Waals surface area contributed by atoms with Crippen molar-refractivity contribution in [1.29, 1.82) is 0 Å². The number of unbranched alkanes of at least 4 members (excludes halogenated alkanes) is 1. The molecule has 0 aliphatic rings. The zero-order chi connectivity index (χ0) is 12.5. The molecule has 3 nitrogen and oxygen atoms in total. The van der Waals surface area contributed by atoms with E-state index in [-0.39, 0.29) is 0 Å². The molecule has 0 aromatic heterocycles. The maximum atomic E-state index is 5.87. The van der Waals surface area contributed by atoms with E-state index in [9.17, 15) is 0 Å². The topological polar surface area (TPSA) is 30.5 Å². The largest absolute Gasteiger partial charge is 0.493 e. The molecule has 0 aliphatic carbocycles. The first-order chi connectivity index (χ1) is 8.29. The Hall–Kier alpha value is -1.06. The predicted octanol–water partition coefficient (Wildman–Crippen LogP) is 2.52. The number of rotatable bonds is 8. The van der Waals surface area contributed by atoms with Crippen molar-refractivity contribution in [3.05, 3.63) is 29.3 Å². The molecule has 0 aliphatic heterocycles. The minimum atomic E-state index is 0.755. The molecule has 1 rings (SSSR count). The highest BCUT2D eigenvalue weighted by Gasteiger charge is 2.05. The zero-order valence-corrected chi connectivity index (χ0v) is 11.1. The number of benzene rings is 1. The molecule has 1 N–H and O–H groups in total. The standard InChI is InChI=1S/C14H23NO2/c1-12-7-6-8-13(11-15-2)14(12)17-10-5-4-9-16-3/h6-8,15H,4-5,9-11H2,1-3H3. The van der Waals surface area contributed by atoms with E-state index in [2.05, 4.69) is 30.4 Å². The lowest BCUT2D eigenvalue weighted by Gasteiger charge is -2.13. The number of para-hydroxylation sites is 1. The second kappa shape index (κ2) is 8.09. The number of ether oxygens (including phenoxy) is 2. The molecular weight excluding hydrogens is 214 g/mol. The Kier molecular flexibility index (Phi) is 6.67. The van der Waals surface area contributed by atoms with Crippen molar-refractivity contribution in [3.8, 4) is 5.75 Å². The second-order valence-electron chi connectivity index (χ2n) is 4.14. The van der Waals surface area contributed by atoms with Gasteiger partial charge in [-0.15, -0.1) is 0 Å². The van der Waals surface area contributed by atoms with Gasteiger partial charge in [-0.1, -0.05) is 18.2 Å². The van der Waals surface area contributed by atoms with Gasteiger partial charge in [0, 0.05) is 25.8 Å². The van der Waals surface area contributed by atoms with Gasteiger partial charge in [0.1, 0.15) is 5.75 Å². The number of nitrogens with one attached hydrogen (secondary N) is 1. The summed E-state index contributed by atoms with van der Waals surface area (Å²) in [5.74, 6) is 1.03. The third kappa shape index (κ3) is 4.75. The molecule has 3 heteroatoms. The van der Waals surface area contributed by atoms with Gasteiger partial charge in [0.05, 0.1) is 6.61 Å². The molecular formula is C14H23NO2. The molecule has 0 saturated carbocycles. The Labute approximate surface area is 104 Å². The van der Waals surface area contributed by atoms with Crippen LogP contribution in [0.1, 0.15) is 24.0 Å². The van der Waals surface area contributed by atoms with Gasteiger partial charge in [-0.3, -0.25) is 0 Å². The smallest absolute Gasteiger partial charge is 0.126 e. The molecule has 0 radical (unpaired) electrons. The summed E-state index contributed by atoms with van der Waals surface area (Å²) in [6.45, 7) is 4.49. The lowest BCUT2D eigenvalue weighted by atomic mass is 10.1. The summed E-state index contributed by atoms with van der Waals surface area (Å²) in [6.07, 6.45) is 2.07. The summed E-state index contributed by atoms with van der Waals surface area (Å²) >= 11 is 0. The zero-order valence-electron chi connectivity index (χ0n) is 11.1. The van der Waals surface area contributed by atoms with Crippen molar-refractivity contribution < 1.29 is 9.47 Å². The number of methoxy groups -OCH3 is 1. The Bertz CT molecular complexity index is 326. The highest BCUT2D eigenvalue weighted by Crippen LogP contribution is 2.23. The molecule has 0 atom stereocenters. The Balaban J connectivity index is 2.50. The molecule has 0 fully saturated rings. The van der Waals surface area contributed by atoms with Crippen molar-refractivity contribution in [2.45, 2.75) is 26.3 Å². The van der Waals surface area contributed by atoms with E-state index in [0.717, 1.165) is 38.3 Å². The summed E-state index contributed by atoms with van der Waals surface area (Å²) in [6, 6.07) is 6.26. The third-order valence-electron chi connectivity index (χ3n) is 2.65. The molecule has 0 heterocycles. The van der Waals surface area contributed by atoms with Gasteiger partial charge in [0.2, 0.25) is 0 Å². The average Bonchev–Trinajstić information content (AvgIpc) is 2.32. The van der Waals surface area contributed by atoms with Gasteiger partial charge in [-0.25, -0.2) is 0 Å². The van der Waals surface area contributed by atoms with E-state index in [1.807, 2.05) is 7.05 Å². The summed E-state index contributed by atoms with van der Waals surface area (Å²) in [7, 11) is 3.68. The van der Waals surface area contributed by atoms with Crippen LogP contribution in [0.25, 0.3) is 0 Å². The lowest BCUT2D eigenvalue weighted by molar-refractivity contribution is 0.184. The van der Waals surface area contributed by atoms with E-state index in [4.69, 9.17) is 9.47 Å². The van der Waals surface area contributed by atoms with Crippen LogP contribution in [-0.2, 0) is 11.3 Å². The van der Waals surface area contributed by atoms with Crippen LogP contribution in [0.4, 0.5) is 0 Å². The summed E-state index contributed by atoms with van der Waals surface area (Å²) in [5, 5.41) is 3.16. The molecule has 1 aromatic carbocycles. The minimum absolute atomic E-state index is 0.755. The van der Waals surface area contributed by atoms with Crippen LogP contribution >= 0.6 is 0 Å². The molecule has 1 aromatic rings. The Morgan fingerprint density at radius 1 is 1.18 bits per heavy atom. The van der Waals surface area contributed by atoms with E-state index in [0.29, 0.717) is 0 Å². The van der Waals surface area contributed by atoms with Crippen molar-refractivity contribution >= 4 is 0 Å². The fraction of sp³-hybridized carbons (Fsp3) is 0.571. The summed E-state index contributed by atoms with van der Waals surface area (Å²) < 4.78 is 10.9.